The third kappa shape index (κ3) is 9.19. The highest BCUT2D eigenvalue weighted by molar-refractivity contribution is 9.10. The van der Waals surface area contributed by atoms with Gasteiger partial charge in [-0.2, -0.15) is 0 Å². The number of halogens is 2. The summed E-state index contributed by atoms with van der Waals surface area (Å²) < 4.78 is 30.1. The van der Waals surface area contributed by atoms with Crippen molar-refractivity contribution in [1.29, 1.82) is 0 Å². The largest absolute Gasteiger partial charge is 0.352 e. The number of aryl methyl sites for hydroxylation is 1. The average molecular weight is 711 g/mol. The van der Waals surface area contributed by atoms with E-state index in [1.165, 1.54) is 17.0 Å². The van der Waals surface area contributed by atoms with Gasteiger partial charge in [0.25, 0.3) is 10.0 Å². The molecule has 0 radical (unpaired) electrons. The van der Waals surface area contributed by atoms with Gasteiger partial charge in [-0.25, -0.2) is 8.42 Å². The standard InChI is InChI=1S/C35H37BrClN3O4S/c1-4-26(3)38-35(42)33(22-27-8-6-5-7-9-27)39(23-28-12-16-30(37)17-13-28)34(41)24-40(31-18-14-29(36)15-19-31)45(43,44)32-20-10-25(2)11-21-32/h5-21,26,33H,4,22-24H2,1-3H3,(H,38,42)/t26-,33-/m0/s1. The summed E-state index contributed by atoms with van der Waals surface area (Å²) in [5, 5.41) is 3.58. The van der Waals surface area contributed by atoms with Crippen LogP contribution in [0.3, 0.4) is 0 Å². The van der Waals surface area contributed by atoms with E-state index >= 15 is 0 Å². The molecule has 236 valence electrons. The molecule has 1 N–H and O–H groups in total. The van der Waals surface area contributed by atoms with Crippen LogP contribution in [-0.2, 0) is 32.6 Å². The molecule has 0 aliphatic rings. The molecule has 2 atom stereocenters. The Balaban J connectivity index is 1.80. The number of rotatable bonds is 13. The van der Waals surface area contributed by atoms with Gasteiger partial charge >= 0.3 is 0 Å². The minimum Gasteiger partial charge on any atom is -0.352 e. The van der Waals surface area contributed by atoms with Gasteiger partial charge in [-0.05, 0) is 79.9 Å². The van der Waals surface area contributed by atoms with Crippen LogP contribution in [0.4, 0.5) is 5.69 Å². The van der Waals surface area contributed by atoms with E-state index in [0.29, 0.717) is 17.1 Å². The van der Waals surface area contributed by atoms with Crippen LogP contribution in [0.15, 0.2) is 112 Å². The maximum absolute atomic E-state index is 14.5. The Hall–Kier alpha value is -3.66. The maximum Gasteiger partial charge on any atom is 0.264 e. The molecule has 0 spiro atoms. The number of nitrogens with zero attached hydrogens (tertiary/aromatic N) is 2. The summed E-state index contributed by atoms with van der Waals surface area (Å²) in [7, 11) is -4.17. The lowest BCUT2D eigenvalue weighted by Crippen LogP contribution is -2.54. The maximum atomic E-state index is 14.5. The van der Waals surface area contributed by atoms with Gasteiger partial charge in [0, 0.05) is 28.5 Å². The zero-order valence-electron chi connectivity index (χ0n) is 25.5. The average Bonchev–Trinajstić information content (AvgIpc) is 3.03. The molecule has 45 heavy (non-hydrogen) atoms. The minimum absolute atomic E-state index is 0.0587. The van der Waals surface area contributed by atoms with E-state index in [1.54, 1.807) is 60.7 Å². The molecule has 0 saturated carbocycles. The van der Waals surface area contributed by atoms with Crippen molar-refractivity contribution >= 4 is 55.1 Å². The Morgan fingerprint density at radius 3 is 2.09 bits per heavy atom. The molecule has 0 bridgehead atoms. The van der Waals surface area contributed by atoms with E-state index in [9.17, 15) is 18.0 Å². The molecule has 0 unspecified atom stereocenters. The minimum atomic E-state index is -4.17. The van der Waals surface area contributed by atoms with E-state index in [2.05, 4.69) is 21.2 Å². The molecule has 7 nitrogen and oxygen atoms in total. The molecular formula is C35H37BrClN3O4S. The molecule has 0 heterocycles. The van der Waals surface area contributed by atoms with Crippen LogP contribution in [0.1, 0.15) is 37.0 Å². The molecule has 0 aliphatic carbocycles. The monoisotopic (exact) mass is 709 g/mol. The first kappa shape index (κ1) is 34.2. The summed E-state index contributed by atoms with van der Waals surface area (Å²) in [6, 6.07) is 28.7. The van der Waals surface area contributed by atoms with Gasteiger partial charge in [0.05, 0.1) is 10.6 Å². The summed E-state index contributed by atoms with van der Waals surface area (Å²) in [6.45, 7) is 5.30. The highest BCUT2D eigenvalue weighted by atomic mass is 79.9. The normalized spacial score (nSPS) is 12.6. The number of nitrogens with one attached hydrogen (secondary N) is 1. The number of benzene rings is 4. The molecule has 4 aromatic carbocycles. The van der Waals surface area contributed by atoms with E-state index in [1.807, 2.05) is 51.1 Å². The smallest absolute Gasteiger partial charge is 0.264 e. The lowest BCUT2D eigenvalue weighted by molar-refractivity contribution is -0.140. The van der Waals surface area contributed by atoms with Crippen molar-refractivity contribution in [3.8, 4) is 0 Å². The number of carbonyl (C=O) groups is 2. The van der Waals surface area contributed by atoms with Crippen molar-refractivity contribution in [1.82, 2.24) is 10.2 Å². The van der Waals surface area contributed by atoms with Crippen LogP contribution < -0.4 is 9.62 Å². The van der Waals surface area contributed by atoms with Gasteiger partial charge in [0.1, 0.15) is 12.6 Å². The van der Waals surface area contributed by atoms with E-state index in [-0.39, 0.29) is 29.8 Å². The molecular weight excluding hydrogens is 674 g/mol. The number of anilines is 1. The first-order valence-corrected chi connectivity index (χ1v) is 17.3. The molecule has 4 rings (SSSR count). The Kier molecular flexibility index (Phi) is 11.8. The van der Waals surface area contributed by atoms with Crippen molar-refractivity contribution in [2.75, 3.05) is 10.8 Å². The number of hydrogen-bond donors (Lipinski definition) is 1. The zero-order valence-corrected chi connectivity index (χ0v) is 28.6. The summed E-state index contributed by atoms with van der Waals surface area (Å²) in [5.41, 5.74) is 2.85. The van der Waals surface area contributed by atoms with Crippen LogP contribution in [-0.4, -0.2) is 43.8 Å². The van der Waals surface area contributed by atoms with Crippen LogP contribution in [0, 0.1) is 6.92 Å². The predicted octanol–water partition coefficient (Wildman–Crippen LogP) is 7.16. The molecule has 10 heteroatoms. The third-order valence-corrected chi connectivity index (χ3v) is 10.1. The zero-order chi connectivity index (χ0) is 32.6. The quantitative estimate of drug-likeness (QED) is 0.160. The van der Waals surface area contributed by atoms with Crippen LogP contribution in [0.25, 0.3) is 0 Å². The summed E-state index contributed by atoms with van der Waals surface area (Å²) in [6.07, 6.45) is 0.951. The Morgan fingerprint density at radius 1 is 0.867 bits per heavy atom. The van der Waals surface area contributed by atoms with Gasteiger partial charge in [-0.1, -0.05) is 94.6 Å². The van der Waals surface area contributed by atoms with Crippen molar-refractivity contribution in [2.24, 2.45) is 0 Å². The topological polar surface area (TPSA) is 86.8 Å². The first-order chi connectivity index (χ1) is 21.5. The van der Waals surface area contributed by atoms with Gasteiger partial charge in [-0.3, -0.25) is 13.9 Å². The molecule has 4 aromatic rings. The van der Waals surface area contributed by atoms with Crippen molar-refractivity contribution in [3.05, 3.63) is 129 Å². The highest BCUT2D eigenvalue weighted by Crippen LogP contribution is 2.27. The van der Waals surface area contributed by atoms with E-state index in [4.69, 9.17) is 11.6 Å². The fourth-order valence-corrected chi connectivity index (χ4v) is 6.56. The SMILES string of the molecule is CC[C@H](C)NC(=O)[C@H](Cc1ccccc1)N(Cc1ccc(Cl)cc1)C(=O)CN(c1ccc(Br)cc1)S(=O)(=O)c1ccc(C)cc1. The fourth-order valence-electron chi connectivity index (χ4n) is 4.76. The number of carbonyl (C=O) groups excluding carboxylic acids is 2. The second kappa shape index (κ2) is 15.6. The Labute approximate surface area is 279 Å². The molecule has 2 amide bonds. The third-order valence-electron chi connectivity index (χ3n) is 7.54. The fraction of sp³-hybridized carbons (Fsp3) is 0.257. The summed E-state index contributed by atoms with van der Waals surface area (Å²) in [5.74, 6) is -0.837. The van der Waals surface area contributed by atoms with Gasteiger partial charge < -0.3 is 10.2 Å². The predicted molar refractivity (Wildman–Crippen MR) is 184 cm³/mol. The number of amides is 2. The second-order valence-corrected chi connectivity index (χ2v) is 14.2. The summed E-state index contributed by atoms with van der Waals surface area (Å²) >= 11 is 9.56. The van der Waals surface area contributed by atoms with Crippen LogP contribution >= 0.6 is 27.5 Å². The highest BCUT2D eigenvalue weighted by Gasteiger charge is 2.35. The Bertz CT molecular complexity index is 1680. The van der Waals surface area contributed by atoms with E-state index in [0.717, 1.165) is 25.5 Å². The second-order valence-electron chi connectivity index (χ2n) is 11.0. The van der Waals surface area contributed by atoms with Gasteiger partial charge in [0.15, 0.2) is 0 Å². The lowest BCUT2D eigenvalue weighted by atomic mass is 10.0. The van der Waals surface area contributed by atoms with Crippen LogP contribution in [0.5, 0.6) is 0 Å². The van der Waals surface area contributed by atoms with Crippen molar-refractivity contribution in [2.45, 2.75) is 57.1 Å². The Morgan fingerprint density at radius 2 is 1.49 bits per heavy atom. The van der Waals surface area contributed by atoms with E-state index < -0.39 is 28.5 Å². The van der Waals surface area contributed by atoms with Crippen LogP contribution in [0.2, 0.25) is 5.02 Å². The van der Waals surface area contributed by atoms with Crippen molar-refractivity contribution in [3.63, 3.8) is 0 Å². The number of hydrogen-bond acceptors (Lipinski definition) is 4. The molecule has 0 aliphatic heterocycles. The molecule has 0 aromatic heterocycles. The first-order valence-electron chi connectivity index (χ1n) is 14.7. The van der Waals surface area contributed by atoms with Gasteiger partial charge in [0.2, 0.25) is 11.8 Å². The summed E-state index contributed by atoms with van der Waals surface area (Å²) in [4.78, 5) is 29.9. The number of sulfonamides is 1. The molecule has 0 fully saturated rings. The lowest BCUT2D eigenvalue weighted by Gasteiger charge is -2.34. The molecule has 0 saturated heterocycles. The van der Waals surface area contributed by atoms with Crippen molar-refractivity contribution < 1.29 is 18.0 Å². The van der Waals surface area contributed by atoms with Gasteiger partial charge in [-0.15, -0.1) is 0 Å².